The molecular formula is C25H27F4OS+. The zero-order valence-corrected chi connectivity index (χ0v) is 18.2. The summed E-state index contributed by atoms with van der Waals surface area (Å²) in [5, 5.41) is 8.23. The van der Waals surface area contributed by atoms with Crippen LogP contribution in [-0.4, -0.2) is 23.6 Å². The highest BCUT2D eigenvalue weighted by molar-refractivity contribution is 7.97. The van der Waals surface area contributed by atoms with E-state index in [9.17, 15) is 17.6 Å². The quantitative estimate of drug-likeness (QED) is 0.218. The Labute approximate surface area is 184 Å². The molecule has 3 aromatic rings. The van der Waals surface area contributed by atoms with Crippen molar-refractivity contribution in [3.05, 3.63) is 91.0 Å². The van der Waals surface area contributed by atoms with Gasteiger partial charge in [-0.3, -0.25) is 0 Å². The molecule has 0 aliphatic rings. The molecule has 3 aromatic carbocycles. The van der Waals surface area contributed by atoms with Gasteiger partial charge in [0.25, 0.3) is 0 Å². The first-order valence-corrected chi connectivity index (χ1v) is 11.2. The number of hydrogen-bond donors (Lipinski definition) is 1. The summed E-state index contributed by atoms with van der Waals surface area (Å²) in [6.07, 6.45) is -0.838. The largest absolute Gasteiger partial charge is 0.396 e. The van der Waals surface area contributed by atoms with Gasteiger partial charge in [-0.05, 0) is 49.2 Å². The average molecular weight is 452 g/mol. The number of rotatable bonds is 8. The Morgan fingerprint density at radius 2 is 1.00 bits per heavy atom. The van der Waals surface area contributed by atoms with Crippen LogP contribution in [0, 0.1) is 0 Å². The van der Waals surface area contributed by atoms with Crippen LogP contribution in [0.15, 0.2) is 106 Å². The summed E-state index contributed by atoms with van der Waals surface area (Å²) < 4.78 is 49.1. The Kier molecular flexibility index (Phi) is 9.59. The minimum atomic E-state index is -3.97. The summed E-state index contributed by atoms with van der Waals surface area (Å²) in [6.45, 7) is -0.0443. The second-order valence-corrected chi connectivity index (χ2v) is 9.05. The Balaban J connectivity index is 0.000000248. The molecule has 0 radical (unpaired) electrons. The fourth-order valence-corrected chi connectivity index (χ4v) is 4.86. The van der Waals surface area contributed by atoms with Crippen molar-refractivity contribution in [1.82, 2.24) is 0 Å². The molecule has 0 spiro atoms. The smallest absolute Gasteiger partial charge is 0.309 e. The molecule has 0 heterocycles. The predicted octanol–water partition coefficient (Wildman–Crippen LogP) is 7.22. The molecule has 3 rings (SSSR count). The van der Waals surface area contributed by atoms with Crippen molar-refractivity contribution in [2.75, 3.05) is 6.61 Å². The first-order chi connectivity index (χ1) is 14.8. The Hall–Kier alpha value is -2.31. The van der Waals surface area contributed by atoms with E-state index in [1.165, 1.54) is 14.7 Å². The van der Waals surface area contributed by atoms with Gasteiger partial charge in [0.05, 0.1) is 10.9 Å². The lowest BCUT2D eigenvalue weighted by atomic mass is 10.1. The van der Waals surface area contributed by atoms with Crippen LogP contribution in [0.5, 0.6) is 0 Å². The maximum Gasteiger partial charge on any atom is 0.309 e. The average Bonchev–Trinajstić information content (AvgIpc) is 2.76. The number of unbranched alkanes of at least 4 members (excludes halogenated alkanes) is 1. The number of halogens is 4. The molecule has 0 aliphatic heterocycles. The predicted molar refractivity (Wildman–Crippen MR) is 118 cm³/mol. The van der Waals surface area contributed by atoms with Crippen LogP contribution in [-0.2, 0) is 10.9 Å². The number of benzene rings is 3. The van der Waals surface area contributed by atoms with Crippen molar-refractivity contribution < 1.29 is 22.7 Å². The van der Waals surface area contributed by atoms with Gasteiger partial charge in [0.2, 0.25) is 0 Å². The molecule has 0 fully saturated rings. The zero-order valence-electron chi connectivity index (χ0n) is 17.4. The normalized spacial score (nSPS) is 11.7. The summed E-state index contributed by atoms with van der Waals surface area (Å²) >= 11 is 0. The van der Waals surface area contributed by atoms with Gasteiger partial charge >= 0.3 is 11.8 Å². The van der Waals surface area contributed by atoms with Gasteiger partial charge in [-0.15, -0.1) is 0 Å². The Morgan fingerprint density at radius 3 is 1.29 bits per heavy atom. The standard InChI is InChI=1S/C18H15S.C7H12F4O/c1-4-10-16(11-5-1)19(17-12-6-2-7-13-17)18-14-8-3-9-15-18;1-6(8,9)7(10,11)4-2-3-5-12/h1-15H;12H,2-5H2,1H3/q+1;. The molecule has 166 valence electrons. The molecule has 0 aromatic heterocycles. The fourth-order valence-electron chi connectivity index (χ4n) is 2.76. The number of alkyl halides is 4. The molecule has 0 bridgehead atoms. The molecule has 0 saturated carbocycles. The summed E-state index contributed by atoms with van der Waals surface area (Å²) in [5.74, 6) is -7.93. The third-order valence-electron chi connectivity index (χ3n) is 4.48. The van der Waals surface area contributed by atoms with Gasteiger partial charge in [0.1, 0.15) is 0 Å². The number of hydrogen-bond acceptors (Lipinski definition) is 1. The van der Waals surface area contributed by atoms with Gasteiger partial charge in [-0.2, -0.15) is 8.78 Å². The van der Waals surface area contributed by atoms with Crippen LogP contribution < -0.4 is 0 Å². The molecule has 1 nitrogen and oxygen atoms in total. The van der Waals surface area contributed by atoms with Gasteiger partial charge in [-0.1, -0.05) is 54.6 Å². The molecule has 0 unspecified atom stereocenters. The van der Waals surface area contributed by atoms with Crippen LogP contribution in [0.1, 0.15) is 26.2 Å². The number of aliphatic hydroxyl groups is 1. The fraction of sp³-hybridized carbons (Fsp3) is 0.280. The SMILES string of the molecule is CC(F)(F)C(F)(F)CCCCO.c1ccc([S+](c2ccccc2)c2ccccc2)cc1. The van der Waals surface area contributed by atoms with E-state index in [2.05, 4.69) is 91.0 Å². The van der Waals surface area contributed by atoms with Gasteiger partial charge < -0.3 is 5.11 Å². The van der Waals surface area contributed by atoms with E-state index in [1.54, 1.807) is 0 Å². The molecule has 0 atom stereocenters. The molecule has 31 heavy (non-hydrogen) atoms. The van der Waals surface area contributed by atoms with E-state index in [-0.39, 0.29) is 37.3 Å². The van der Waals surface area contributed by atoms with E-state index in [1.807, 2.05) is 0 Å². The highest BCUT2D eigenvalue weighted by Gasteiger charge is 2.51. The zero-order chi connectivity index (χ0) is 22.7. The van der Waals surface area contributed by atoms with Crippen molar-refractivity contribution >= 4 is 10.9 Å². The van der Waals surface area contributed by atoms with Crippen molar-refractivity contribution in [2.24, 2.45) is 0 Å². The first-order valence-electron chi connectivity index (χ1n) is 10.0. The van der Waals surface area contributed by atoms with E-state index >= 15 is 0 Å². The minimum absolute atomic E-state index is 0.0146. The lowest BCUT2D eigenvalue weighted by molar-refractivity contribution is -0.201. The van der Waals surface area contributed by atoms with Crippen LogP contribution in [0.2, 0.25) is 0 Å². The third-order valence-corrected chi connectivity index (χ3v) is 6.71. The topological polar surface area (TPSA) is 20.2 Å². The highest BCUT2D eigenvalue weighted by atomic mass is 32.2. The van der Waals surface area contributed by atoms with Gasteiger partial charge in [-0.25, -0.2) is 8.78 Å². The summed E-state index contributed by atoms with van der Waals surface area (Å²) in [4.78, 5) is 4.08. The van der Waals surface area contributed by atoms with Crippen LogP contribution in [0.4, 0.5) is 17.6 Å². The van der Waals surface area contributed by atoms with Crippen molar-refractivity contribution in [3.63, 3.8) is 0 Å². The molecule has 0 saturated heterocycles. The first kappa shape index (κ1) is 25.0. The van der Waals surface area contributed by atoms with Gasteiger partial charge in [0.15, 0.2) is 14.7 Å². The minimum Gasteiger partial charge on any atom is -0.396 e. The lowest BCUT2D eigenvalue weighted by Crippen LogP contribution is -2.37. The second kappa shape index (κ2) is 11.9. The molecule has 6 heteroatoms. The van der Waals surface area contributed by atoms with Crippen molar-refractivity contribution in [1.29, 1.82) is 0 Å². The van der Waals surface area contributed by atoms with E-state index in [0.717, 1.165) is 0 Å². The third kappa shape index (κ3) is 7.71. The maximum atomic E-state index is 12.4. The summed E-state index contributed by atoms with van der Waals surface area (Å²) in [6, 6.07) is 32.2. The summed E-state index contributed by atoms with van der Waals surface area (Å²) in [7, 11) is -0.0146. The van der Waals surface area contributed by atoms with Crippen molar-refractivity contribution in [2.45, 2.75) is 52.7 Å². The van der Waals surface area contributed by atoms with E-state index in [4.69, 9.17) is 5.11 Å². The van der Waals surface area contributed by atoms with Gasteiger partial charge in [0, 0.05) is 20.0 Å². The van der Waals surface area contributed by atoms with E-state index < -0.39 is 18.3 Å². The second-order valence-electron chi connectivity index (χ2n) is 7.02. The highest BCUT2D eigenvalue weighted by Crippen LogP contribution is 2.37. The lowest BCUT2D eigenvalue weighted by Gasteiger charge is -2.22. The molecule has 0 amide bonds. The molecule has 1 N–H and O–H groups in total. The monoisotopic (exact) mass is 451 g/mol. The summed E-state index contributed by atoms with van der Waals surface area (Å²) in [5.41, 5.74) is 0. The van der Waals surface area contributed by atoms with Crippen LogP contribution >= 0.6 is 0 Å². The number of aliphatic hydroxyl groups excluding tert-OH is 1. The molecular weight excluding hydrogens is 424 g/mol. The molecule has 0 aliphatic carbocycles. The Morgan fingerprint density at radius 1 is 0.645 bits per heavy atom. The van der Waals surface area contributed by atoms with E-state index in [0.29, 0.717) is 0 Å². The van der Waals surface area contributed by atoms with Crippen LogP contribution in [0.25, 0.3) is 0 Å². The van der Waals surface area contributed by atoms with Crippen LogP contribution in [0.3, 0.4) is 0 Å². The van der Waals surface area contributed by atoms with Crippen molar-refractivity contribution in [3.8, 4) is 0 Å². The Bertz CT molecular complexity index is 774. The maximum absolute atomic E-state index is 12.4.